The molecule has 1 aromatic heterocycles. The molecule has 2 aliphatic rings. The second-order valence-electron chi connectivity index (χ2n) is 5.96. The van der Waals surface area contributed by atoms with Crippen molar-refractivity contribution in [2.75, 3.05) is 25.9 Å². The molecule has 0 unspecified atom stereocenters. The molecule has 1 aromatic rings. The highest BCUT2D eigenvalue weighted by molar-refractivity contribution is 7.98. The van der Waals surface area contributed by atoms with Gasteiger partial charge in [-0.3, -0.25) is 4.79 Å². The number of nitrogens with one attached hydrogen (secondary N) is 1. The Balaban J connectivity index is 1.69. The van der Waals surface area contributed by atoms with Gasteiger partial charge in [0.1, 0.15) is 0 Å². The van der Waals surface area contributed by atoms with Crippen molar-refractivity contribution in [2.24, 2.45) is 0 Å². The molecule has 0 radical (unpaired) electrons. The summed E-state index contributed by atoms with van der Waals surface area (Å²) in [6.07, 6.45) is 3.21. The maximum absolute atomic E-state index is 12.6. The van der Waals surface area contributed by atoms with Crippen LogP contribution in [0.5, 0.6) is 0 Å². The number of piperidine rings is 1. The van der Waals surface area contributed by atoms with E-state index in [1.54, 1.807) is 11.3 Å². The minimum atomic E-state index is 0.197. The van der Waals surface area contributed by atoms with Crippen LogP contribution in [0.25, 0.3) is 0 Å². The van der Waals surface area contributed by atoms with Crippen LogP contribution >= 0.6 is 23.1 Å². The first-order valence-corrected chi connectivity index (χ1v) is 9.26. The van der Waals surface area contributed by atoms with E-state index >= 15 is 0 Å². The van der Waals surface area contributed by atoms with Gasteiger partial charge in [0.25, 0.3) is 5.91 Å². The van der Waals surface area contributed by atoms with E-state index in [1.165, 1.54) is 16.2 Å². The number of hydrogen-bond acceptors (Lipinski definition) is 4. The Bertz CT molecular complexity index is 480. The van der Waals surface area contributed by atoms with Crippen molar-refractivity contribution in [1.82, 2.24) is 10.2 Å². The zero-order chi connectivity index (χ0) is 14.2. The predicted octanol–water partition coefficient (Wildman–Crippen LogP) is 2.75. The van der Waals surface area contributed by atoms with Gasteiger partial charge in [-0.2, -0.15) is 11.8 Å². The Morgan fingerprint density at radius 3 is 2.80 bits per heavy atom. The highest BCUT2D eigenvalue weighted by Crippen LogP contribution is 2.33. The average molecular weight is 310 g/mol. The van der Waals surface area contributed by atoms with Crippen molar-refractivity contribution in [2.45, 2.75) is 37.5 Å². The van der Waals surface area contributed by atoms with Gasteiger partial charge in [-0.25, -0.2) is 0 Å². The Hall–Kier alpha value is -0.520. The SMILES string of the molecule is CNC1(C)CCN(C(=O)c2cc3c(s2)CCSC3)CC1. The molecule has 0 aliphatic carbocycles. The van der Waals surface area contributed by atoms with Gasteiger partial charge in [-0.15, -0.1) is 11.3 Å². The molecule has 0 atom stereocenters. The van der Waals surface area contributed by atoms with Crippen LogP contribution in [0.4, 0.5) is 0 Å². The summed E-state index contributed by atoms with van der Waals surface area (Å²) >= 11 is 3.70. The van der Waals surface area contributed by atoms with Crippen LogP contribution in [-0.2, 0) is 12.2 Å². The molecule has 0 bridgehead atoms. The molecule has 5 heteroatoms. The van der Waals surface area contributed by atoms with E-state index in [-0.39, 0.29) is 11.4 Å². The second kappa shape index (κ2) is 5.70. The lowest BCUT2D eigenvalue weighted by molar-refractivity contribution is 0.0666. The maximum atomic E-state index is 12.6. The average Bonchev–Trinajstić information content (AvgIpc) is 2.91. The van der Waals surface area contributed by atoms with E-state index in [4.69, 9.17) is 0 Å². The summed E-state index contributed by atoms with van der Waals surface area (Å²) in [5.74, 6) is 2.52. The summed E-state index contributed by atoms with van der Waals surface area (Å²) in [6, 6.07) is 2.14. The Morgan fingerprint density at radius 1 is 1.40 bits per heavy atom. The van der Waals surface area contributed by atoms with Gasteiger partial charge in [0.05, 0.1) is 4.88 Å². The molecular weight excluding hydrogens is 288 g/mol. The fraction of sp³-hybridized carbons (Fsp3) is 0.667. The number of likely N-dealkylation sites (tertiary alicyclic amines) is 1. The van der Waals surface area contributed by atoms with E-state index in [2.05, 4.69) is 18.3 Å². The molecule has 3 nitrogen and oxygen atoms in total. The number of carbonyl (C=O) groups excluding carboxylic acids is 1. The first kappa shape index (κ1) is 14.4. The van der Waals surface area contributed by atoms with Crippen LogP contribution in [-0.4, -0.2) is 42.2 Å². The van der Waals surface area contributed by atoms with Crippen LogP contribution in [0.2, 0.25) is 0 Å². The van der Waals surface area contributed by atoms with Crippen molar-refractivity contribution in [1.29, 1.82) is 0 Å². The third-order valence-electron chi connectivity index (χ3n) is 4.60. The smallest absolute Gasteiger partial charge is 0.263 e. The van der Waals surface area contributed by atoms with Gasteiger partial charge < -0.3 is 10.2 Å². The van der Waals surface area contributed by atoms with Crippen LogP contribution in [0.3, 0.4) is 0 Å². The van der Waals surface area contributed by atoms with Crippen molar-refractivity contribution >= 4 is 29.0 Å². The van der Waals surface area contributed by atoms with Crippen LogP contribution in [0, 0.1) is 0 Å². The van der Waals surface area contributed by atoms with Gasteiger partial charge in [0.2, 0.25) is 0 Å². The monoisotopic (exact) mass is 310 g/mol. The van der Waals surface area contributed by atoms with Crippen LogP contribution < -0.4 is 5.32 Å². The zero-order valence-corrected chi connectivity index (χ0v) is 13.8. The zero-order valence-electron chi connectivity index (χ0n) is 12.2. The predicted molar refractivity (Wildman–Crippen MR) is 86.8 cm³/mol. The van der Waals surface area contributed by atoms with Crippen molar-refractivity contribution < 1.29 is 4.79 Å². The number of nitrogens with zero attached hydrogens (tertiary/aromatic N) is 1. The largest absolute Gasteiger partial charge is 0.338 e. The number of thiophene rings is 1. The van der Waals surface area contributed by atoms with Crippen LogP contribution in [0.1, 0.15) is 39.9 Å². The van der Waals surface area contributed by atoms with Gasteiger partial charge in [0.15, 0.2) is 0 Å². The molecule has 20 heavy (non-hydrogen) atoms. The lowest BCUT2D eigenvalue weighted by Gasteiger charge is -2.39. The maximum Gasteiger partial charge on any atom is 0.263 e. The first-order chi connectivity index (χ1) is 9.61. The van der Waals surface area contributed by atoms with E-state index in [9.17, 15) is 4.79 Å². The van der Waals surface area contributed by atoms with E-state index < -0.39 is 0 Å². The molecule has 0 spiro atoms. The molecule has 0 aromatic carbocycles. The van der Waals surface area contributed by atoms with Crippen molar-refractivity contribution in [3.8, 4) is 0 Å². The Labute approximate surface area is 129 Å². The summed E-state index contributed by atoms with van der Waals surface area (Å²) in [5, 5.41) is 3.38. The third-order valence-corrected chi connectivity index (χ3v) is 6.83. The number of hydrogen-bond donors (Lipinski definition) is 1. The molecule has 0 saturated carbocycles. The van der Waals surface area contributed by atoms with E-state index in [0.717, 1.165) is 43.0 Å². The minimum absolute atomic E-state index is 0.197. The molecule has 1 fully saturated rings. The lowest BCUT2D eigenvalue weighted by Crippen LogP contribution is -2.51. The van der Waals surface area contributed by atoms with E-state index in [0.29, 0.717) is 0 Å². The standard InChI is InChI=1S/C15H22N2OS2/c1-15(16-2)4-6-17(7-5-15)14(18)13-9-11-10-19-8-3-12(11)20-13/h9,16H,3-8,10H2,1-2H3. The minimum Gasteiger partial charge on any atom is -0.338 e. The van der Waals surface area contributed by atoms with Crippen LogP contribution in [0.15, 0.2) is 6.07 Å². The molecular formula is C15H22N2OS2. The van der Waals surface area contributed by atoms with Gasteiger partial charge in [-0.05, 0) is 50.6 Å². The highest BCUT2D eigenvalue weighted by Gasteiger charge is 2.31. The number of aryl methyl sites for hydroxylation is 1. The van der Waals surface area contributed by atoms with E-state index in [1.807, 2.05) is 23.7 Å². The number of rotatable bonds is 2. The number of fused-ring (bicyclic) bond motifs is 1. The Morgan fingerprint density at radius 2 is 2.15 bits per heavy atom. The summed E-state index contributed by atoms with van der Waals surface area (Å²) < 4.78 is 0. The van der Waals surface area contributed by atoms with Gasteiger partial charge in [0, 0.05) is 29.3 Å². The highest BCUT2D eigenvalue weighted by atomic mass is 32.2. The molecule has 1 saturated heterocycles. The number of carbonyl (C=O) groups is 1. The Kier molecular flexibility index (Phi) is 4.11. The summed E-state index contributed by atoms with van der Waals surface area (Å²) in [6.45, 7) is 3.98. The quantitative estimate of drug-likeness (QED) is 0.911. The summed E-state index contributed by atoms with van der Waals surface area (Å²) in [5.41, 5.74) is 1.59. The fourth-order valence-electron chi connectivity index (χ4n) is 2.86. The molecule has 1 N–H and O–H groups in total. The number of thioether (sulfide) groups is 1. The number of amides is 1. The topological polar surface area (TPSA) is 32.3 Å². The van der Waals surface area contributed by atoms with Crippen molar-refractivity contribution in [3.63, 3.8) is 0 Å². The summed E-state index contributed by atoms with van der Waals surface area (Å²) in [4.78, 5) is 17.0. The molecule has 2 aliphatic heterocycles. The lowest BCUT2D eigenvalue weighted by atomic mass is 9.90. The molecule has 3 heterocycles. The fourth-order valence-corrected chi connectivity index (χ4v) is 5.20. The molecule has 110 valence electrons. The van der Waals surface area contributed by atoms with Gasteiger partial charge >= 0.3 is 0 Å². The third kappa shape index (κ3) is 2.76. The summed E-state index contributed by atoms with van der Waals surface area (Å²) in [7, 11) is 2.02. The van der Waals surface area contributed by atoms with Crippen molar-refractivity contribution in [3.05, 3.63) is 21.4 Å². The van der Waals surface area contributed by atoms with Gasteiger partial charge in [-0.1, -0.05) is 0 Å². The normalized spacial score (nSPS) is 21.6. The first-order valence-electron chi connectivity index (χ1n) is 7.29. The molecule has 3 rings (SSSR count). The second-order valence-corrected chi connectivity index (χ2v) is 8.21. The molecule has 1 amide bonds.